The molecule has 1 N–H and O–H groups in total. The highest BCUT2D eigenvalue weighted by Crippen LogP contribution is 2.10. The third kappa shape index (κ3) is 4.68. The minimum Gasteiger partial charge on any atom is -0.355 e. The van der Waals surface area contributed by atoms with Crippen molar-refractivity contribution >= 4 is 11.8 Å². The molecule has 0 aliphatic carbocycles. The fraction of sp³-hybridized carbons (Fsp3) is 0.875. The van der Waals surface area contributed by atoms with Gasteiger partial charge in [0.15, 0.2) is 0 Å². The molecule has 0 aromatic carbocycles. The van der Waals surface area contributed by atoms with Gasteiger partial charge in [-0.2, -0.15) is 0 Å². The van der Waals surface area contributed by atoms with Gasteiger partial charge in [0.05, 0.1) is 12.6 Å². The first-order valence-corrected chi connectivity index (χ1v) is 8.63. The Morgan fingerprint density at radius 3 is 2.27 bits per heavy atom. The van der Waals surface area contributed by atoms with Gasteiger partial charge < -0.3 is 10.2 Å². The lowest BCUT2D eigenvalue weighted by molar-refractivity contribution is -0.133. The van der Waals surface area contributed by atoms with Crippen LogP contribution in [0.5, 0.6) is 0 Å². The van der Waals surface area contributed by atoms with E-state index in [1.807, 2.05) is 11.8 Å². The number of amides is 2. The van der Waals surface area contributed by atoms with Crippen molar-refractivity contribution in [3.8, 4) is 0 Å². The van der Waals surface area contributed by atoms with Gasteiger partial charge in [-0.1, -0.05) is 6.92 Å². The smallest absolute Gasteiger partial charge is 0.237 e. The van der Waals surface area contributed by atoms with Crippen LogP contribution in [0.4, 0.5) is 0 Å². The molecule has 2 aliphatic rings. The van der Waals surface area contributed by atoms with Crippen LogP contribution in [0.15, 0.2) is 0 Å². The molecule has 2 heterocycles. The van der Waals surface area contributed by atoms with Crippen molar-refractivity contribution in [2.45, 2.75) is 39.2 Å². The highest BCUT2D eigenvalue weighted by Gasteiger charge is 2.27. The molecular formula is C16H30N4O2. The number of nitrogens with zero attached hydrogens (tertiary/aromatic N) is 3. The number of piperazine rings is 1. The van der Waals surface area contributed by atoms with Crippen LogP contribution in [0.2, 0.25) is 0 Å². The van der Waals surface area contributed by atoms with Crippen molar-refractivity contribution in [2.75, 3.05) is 52.4 Å². The molecule has 1 unspecified atom stereocenters. The topological polar surface area (TPSA) is 55.9 Å². The summed E-state index contributed by atoms with van der Waals surface area (Å²) in [5, 5.41) is 2.95. The van der Waals surface area contributed by atoms with Crippen LogP contribution in [0.3, 0.4) is 0 Å². The summed E-state index contributed by atoms with van der Waals surface area (Å²) in [6, 6.07) is -0.0806. The van der Waals surface area contributed by atoms with Crippen molar-refractivity contribution in [3.05, 3.63) is 0 Å². The highest BCUT2D eigenvalue weighted by atomic mass is 16.2. The highest BCUT2D eigenvalue weighted by molar-refractivity contribution is 5.81. The molecule has 0 spiro atoms. The van der Waals surface area contributed by atoms with Gasteiger partial charge >= 0.3 is 0 Å². The van der Waals surface area contributed by atoms with Crippen LogP contribution < -0.4 is 5.32 Å². The Morgan fingerprint density at radius 2 is 1.68 bits per heavy atom. The summed E-state index contributed by atoms with van der Waals surface area (Å²) in [5.41, 5.74) is 0. The van der Waals surface area contributed by atoms with E-state index >= 15 is 0 Å². The average molecular weight is 310 g/mol. The monoisotopic (exact) mass is 310 g/mol. The van der Waals surface area contributed by atoms with E-state index < -0.39 is 0 Å². The van der Waals surface area contributed by atoms with Crippen LogP contribution in [-0.2, 0) is 9.59 Å². The summed E-state index contributed by atoms with van der Waals surface area (Å²) in [7, 11) is 0. The molecule has 6 nitrogen and oxygen atoms in total. The summed E-state index contributed by atoms with van der Waals surface area (Å²) in [6.07, 6.45) is 3.25. The van der Waals surface area contributed by atoms with E-state index in [9.17, 15) is 9.59 Å². The average Bonchev–Trinajstić information content (AvgIpc) is 3.07. The summed E-state index contributed by atoms with van der Waals surface area (Å²) in [6.45, 7) is 10.6. The van der Waals surface area contributed by atoms with Crippen LogP contribution in [0.1, 0.15) is 33.1 Å². The standard InChI is InChI=1S/C16H30N4O2/c1-3-6-17-16(22)14(2)19-11-9-18(10-12-19)13-15(21)20-7-4-5-8-20/h14H,3-13H2,1-2H3,(H,17,22). The Kier molecular flexibility index (Phi) is 6.64. The molecule has 2 rings (SSSR count). The zero-order valence-electron chi connectivity index (χ0n) is 14.0. The normalized spacial score (nSPS) is 21.8. The number of hydrogen-bond donors (Lipinski definition) is 1. The minimum atomic E-state index is -0.0806. The molecule has 0 saturated carbocycles. The van der Waals surface area contributed by atoms with E-state index in [-0.39, 0.29) is 17.9 Å². The second kappa shape index (κ2) is 8.48. The molecule has 22 heavy (non-hydrogen) atoms. The molecule has 0 bridgehead atoms. The number of carbonyl (C=O) groups excluding carboxylic acids is 2. The van der Waals surface area contributed by atoms with Crippen molar-refractivity contribution in [1.29, 1.82) is 0 Å². The molecule has 2 aliphatic heterocycles. The first kappa shape index (κ1) is 17.2. The van der Waals surface area contributed by atoms with Gasteiger partial charge in [0.2, 0.25) is 11.8 Å². The van der Waals surface area contributed by atoms with Gasteiger partial charge in [0.25, 0.3) is 0 Å². The fourth-order valence-electron chi connectivity index (χ4n) is 3.13. The second-order valence-corrected chi connectivity index (χ2v) is 6.37. The van der Waals surface area contributed by atoms with Crippen LogP contribution in [0, 0.1) is 0 Å². The number of carbonyl (C=O) groups is 2. The van der Waals surface area contributed by atoms with E-state index in [2.05, 4.69) is 22.0 Å². The largest absolute Gasteiger partial charge is 0.355 e. The Hall–Kier alpha value is -1.14. The number of likely N-dealkylation sites (tertiary alicyclic amines) is 1. The zero-order valence-corrected chi connectivity index (χ0v) is 14.0. The lowest BCUT2D eigenvalue weighted by atomic mass is 10.2. The van der Waals surface area contributed by atoms with E-state index in [4.69, 9.17) is 0 Å². The summed E-state index contributed by atoms with van der Waals surface area (Å²) in [5.74, 6) is 0.378. The first-order valence-electron chi connectivity index (χ1n) is 8.63. The second-order valence-electron chi connectivity index (χ2n) is 6.37. The zero-order chi connectivity index (χ0) is 15.9. The minimum absolute atomic E-state index is 0.0806. The molecule has 0 radical (unpaired) electrons. The van der Waals surface area contributed by atoms with Gasteiger partial charge in [-0.25, -0.2) is 0 Å². The van der Waals surface area contributed by atoms with Crippen LogP contribution in [0.25, 0.3) is 0 Å². The van der Waals surface area contributed by atoms with Crippen LogP contribution in [-0.4, -0.2) is 84.9 Å². The van der Waals surface area contributed by atoms with Gasteiger partial charge in [-0.05, 0) is 26.2 Å². The predicted octanol–water partition coefficient (Wildman–Crippen LogP) is 0.141. The van der Waals surface area contributed by atoms with Gasteiger partial charge in [0.1, 0.15) is 0 Å². The van der Waals surface area contributed by atoms with Crippen molar-refractivity contribution in [2.24, 2.45) is 0 Å². The first-order chi connectivity index (χ1) is 10.6. The Morgan fingerprint density at radius 1 is 1.05 bits per heavy atom. The van der Waals surface area contributed by atoms with Crippen molar-refractivity contribution < 1.29 is 9.59 Å². The third-order valence-electron chi connectivity index (χ3n) is 4.70. The molecule has 2 fully saturated rings. The summed E-state index contributed by atoms with van der Waals surface area (Å²) < 4.78 is 0. The summed E-state index contributed by atoms with van der Waals surface area (Å²) in [4.78, 5) is 30.6. The maximum absolute atomic E-state index is 12.2. The Balaban J connectivity index is 1.70. The number of nitrogens with one attached hydrogen (secondary N) is 1. The summed E-state index contributed by atoms with van der Waals surface area (Å²) >= 11 is 0. The predicted molar refractivity (Wildman–Crippen MR) is 86.6 cm³/mol. The van der Waals surface area contributed by atoms with E-state index in [1.165, 1.54) is 0 Å². The molecule has 0 aromatic rings. The van der Waals surface area contributed by atoms with Crippen LogP contribution >= 0.6 is 0 Å². The molecule has 1 atom stereocenters. The molecular weight excluding hydrogens is 280 g/mol. The van der Waals surface area contributed by atoms with E-state index in [0.717, 1.165) is 65.1 Å². The lowest BCUT2D eigenvalue weighted by Crippen LogP contribution is -2.55. The van der Waals surface area contributed by atoms with Crippen molar-refractivity contribution in [3.63, 3.8) is 0 Å². The Bertz CT molecular complexity index is 374. The van der Waals surface area contributed by atoms with Gasteiger partial charge in [-0.3, -0.25) is 19.4 Å². The molecule has 2 amide bonds. The maximum Gasteiger partial charge on any atom is 0.237 e. The van der Waals surface area contributed by atoms with E-state index in [0.29, 0.717) is 6.54 Å². The number of rotatable bonds is 6. The third-order valence-corrected chi connectivity index (χ3v) is 4.70. The molecule has 0 aromatic heterocycles. The van der Waals surface area contributed by atoms with E-state index in [1.54, 1.807) is 0 Å². The SMILES string of the molecule is CCCNC(=O)C(C)N1CCN(CC(=O)N2CCCC2)CC1. The molecule has 6 heteroatoms. The quantitative estimate of drug-likeness (QED) is 0.758. The fourth-order valence-corrected chi connectivity index (χ4v) is 3.13. The molecule has 2 saturated heterocycles. The van der Waals surface area contributed by atoms with Gasteiger partial charge in [-0.15, -0.1) is 0 Å². The lowest BCUT2D eigenvalue weighted by Gasteiger charge is -2.37. The Labute approximate surface area is 133 Å². The van der Waals surface area contributed by atoms with Gasteiger partial charge in [0, 0.05) is 45.8 Å². The molecule has 126 valence electrons. The maximum atomic E-state index is 12.2. The number of hydrogen-bond acceptors (Lipinski definition) is 4. The van der Waals surface area contributed by atoms with Crippen molar-refractivity contribution in [1.82, 2.24) is 20.0 Å².